The molecule has 2 aromatic carbocycles. The standard InChI is InChI=1S/C20H17Cl2FN2O2/c1-10-18(14-6-5-12(23)7-16(14)21)20(25-11(2)24-10)15-8-13(26-3)9-17(27-4)19(15)22/h5-9H,1-4H3. The molecule has 0 saturated heterocycles. The number of hydrogen-bond donors (Lipinski definition) is 0. The predicted molar refractivity (Wildman–Crippen MR) is 105 cm³/mol. The van der Waals surface area contributed by atoms with Crippen molar-refractivity contribution in [2.75, 3.05) is 14.2 Å². The first-order valence-electron chi connectivity index (χ1n) is 8.08. The van der Waals surface area contributed by atoms with E-state index in [0.717, 1.165) is 0 Å². The number of rotatable bonds is 4. The highest BCUT2D eigenvalue weighted by atomic mass is 35.5. The lowest BCUT2D eigenvalue weighted by atomic mass is 9.97. The van der Waals surface area contributed by atoms with E-state index in [1.165, 1.54) is 19.2 Å². The first kappa shape index (κ1) is 19.4. The summed E-state index contributed by atoms with van der Waals surface area (Å²) in [6.45, 7) is 3.64. The van der Waals surface area contributed by atoms with Crippen molar-refractivity contribution in [1.29, 1.82) is 0 Å². The fourth-order valence-corrected chi connectivity index (χ4v) is 3.47. The molecule has 0 radical (unpaired) electrons. The number of hydrogen-bond acceptors (Lipinski definition) is 4. The summed E-state index contributed by atoms with van der Waals surface area (Å²) in [5, 5.41) is 0.646. The summed E-state index contributed by atoms with van der Waals surface area (Å²) >= 11 is 12.9. The Balaban J connectivity index is 2.38. The van der Waals surface area contributed by atoms with Crippen LogP contribution in [-0.2, 0) is 0 Å². The predicted octanol–water partition coefficient (Wildman–Crippen LogP) is 5.89. The minimum absolute atomic E-state index is 0.262. The number of aromatic nitrogens is 2. The molecule has 0 spiro atoms. The Morgan fingerprint density at radius 1 is 0.926 bits per heavy atom. The zero-order chi connectivity index (χ0) is 19.7. The highest BCUT2D eigenvalue weighted by Gasteiger charge is 2.21. The molecular formula is C20H17Cl2FN2O2. The smallest absolute Gasteiger partial charge is 0.141 e. The van der Waals surface area contributed by atoms with Gasteiger partial charge in [-0.2, -0.15) is 0 Å². The van der Waals surface area contributed by atoms with Crippen molar-refractivity contribution in [1.82, 2.24) is 9.97 Å². The van der Waals surface area contributed by atoms with Gasteiger partial charge in [0.1, 0.15) is 23.1 Å². The molecule has 0 fully saturated rings. The van der Waals surface area contributed by atoms with E-state index in [1.807, 2.05) is 6.92 Å². The largest absolute Gasteiger partial charge is 0.497 e. The van der Waals surface area contributed by atoms with E-state index in [9.17, 15) is 4.39 Å². The summed E-state index contributed by atoms with van der Waals surface area (Å²) < 4.78 is 24.3. The van der Waals surface area contributed by atoms with Crippen LogP contribution in [0.15, 0.2) is 30.3 Å². The first-order valence-corrected chi connectivity index (χ1v) is 8.83. The molecule has 1 aromatic heterocycles. The van der Waals surface area contributed by atoms with Gasteiger partial charge in [-0.25, -0.2) is 14.4 Å². The van der Waals surface area contributed by atoms with Crippen LogP contribution >= 0.6 is 23.2 Å². The average Bonchev–Trinajstić information content (AvgIpc) is 2.62. The molecule has 1 heterocycles. The van der Waals surface area contributed by atoms with Gasteiger partial charge >= 0.3 is 0 Å². The fourth-order valence-electron chi connectivity index (χ4n) is 2.93. The van der Waals surface area contributed by atoms with E-state index in [2.05, 4.69) is 9.97 Å². The van der Waals surface area contributed by atoms with E-state index in [-0.39, 0.29) is 5.02 Å². The van der Waals surface area contributed by atoms with Gasteiger partial charge in [0.05, 0.1) is 30.0 Å². The van der Waals surface area contributed by atoms with Gasteiger partial charge in [0.2, 0.25) is 0 Å². The van der Waals surface area contributed by atoms with Gasteiger partial charge in [-0.3, -0.25) is 0 Å². The normalized spacial score (nSPS) is 10.8. The number of ether oxygens (including phenoxy) is 2. The van der Waals surface area contributed by atoms with Crippen molar-refractivity contribution in [2.24, 2.45) is 0 Å². The minimum Gasteiger partial charge on any atom is -0.497 e. The van der Waals surface area contributed by atoms with Crippen molar-refractivity contribution < 1.29 is 13.9 Å². The van der Waals surface area contributed by atoms with Gasteiger partial charge < -0.3 is 9.47 Å². The van der Waals surface area contributed by atoms with Gasteiger partial charge in [-0.05, 0) is 38.1 Å². The van der Waals surface area contributed by atoms with Gasteiger partial charge in [-0.15, -0.1) is 0 Å². The Morgan fingerprint density at radius 2 is 1.67 bits per heavy atom. The number of nitrogens with zero attached hydrogens (tertiary/aromatic N) is 2. The minimum atomic E-state index is -0.419. The molecule has 140 valence electrons. The quantitative estimate of drug-likeness (QED) is 0.541. The zero-order valence-electron chi connectivity index (χ0n) is 15.2. The Bertz CT molecular complexity index is 1030. The zero-order valence-corrected chi connectivity index (χ0v) is 16.7. The van der Waals surface area contributed by atoms with Crippen LogP contribution in [0.5, 0.6) is 11.5 Å². The molecule has 4 nitrogen and oxygen atoms in total. The number of halogens is 3. The Morgan fingerprint density at radius 3 is 2.30 bits per heavy atom. The van der Waals surface area contributed by atoms with E-state index < -0.39 is 5.82 Å². The van der Waals surface area contributed by atoms with Crippen molar-refractivity contribution in [3.8, 4) is 33.9 Å². The second-order valence-corrected chi connectivity index (χ2v) is 6.68. The summed E-state index contributed by atoms with van der Waals surface area (Å²) in [5.74, 6) is 1.17. The van der Waals surface area contributed by atoms with E-state index in [1.54, 1.807) is 32.2 Å². The van der Waals surface area contributed by atoms with Crippen molar-refractivity contribution >= 4 is 23.2 Å². The maximum atomic E-state index is 13.5. The summed E-state index contributed by atoms with van der Waals surface area (Å²) in [5.41, 5.74) is 3.16. The summed E-state index contributed by atoms with van der Waals surface area (Å²) in [7, 11) is 3.08. The van der Waals surface area contributed by atoms with Crippen molar-refractivity contribution in [2.45, 2.75) is 13.8 Å². The molecule has 27 heavy (non-hydrogen) atoms. The molecular weight excluding hydrogens is 390 g/mol. The van der Waals surface area contributed by atoms with Crippen LogP contribution in [0, 0.1) is 19.7 Å². The van der Waals surface area contributed by atoms with Gasteiger partial charge in [0, 0.05) is 28.5 Å². The number of benzene rings is 2. The van der Waals surface area contributed by atoms with Crippen LogP contribution in [0.1, 0.15) is 11.5 Å². The molecule has 0 atom stereocenters. The molecule has 7 heteroatoms. The van der Waals surface area contributed by atoms with E-state index in [4.69, 9.17) is 32.7 Å². The van der Waals surface area contributed by atoms with Crippen LogP contribution in [0.4, 0.5) is 4.39 Å². The monoisotopic (exact) mass is 406 g/mol. The first-order chi connectivity index (χ1) is 12.8. The third-order valence-corrected chi connectivity index (χ3v) is 4.83. The Hall–Kier alpha value is -2.37. The molecule has 0 aliphatic carbocycles. The van der Waals surface area contributed by atoms with Crippen LogP contribution in [0.3, 0.4) is 0 Å². The second kappa shape index (κ2) is 7.71. The second-order valence-electron chi connectivity index (χ2n) is 5.90. The molecule has 0 aliphatic rings. The van der Waals surface area contributed by atoms with E-state index in [0.29, 0.717) is 50.4 Å². The lowest BCUT2D eigenvalue weighted by molar-refractivity contribution is 0.395. The lowest BCUT2D eigenvalue weighted by Crippen LogP contribution is -2.01. The molecule has 0 aliphatic heterocycles. The fraction of sp³-hybridized carbons (Fsp3) is 0.200. The molecule has 0 saturated carbocycles. The summed E-state index contributed by atoms with van der Waals surface area (Å²) in [4.78, 5) is 9.04. The molecule has 0 unspecified atom stereocenters. The van der Waals surface area contributed by atoms with E-state index >= 15 is 0 Å². The Labute approximate surface area is 166 Å². The molecule has 0 N–H and O–H groups in total. The Kier molecular flexibility index (Phi) is 5.53. The number of methoxy groups -OCH3 is 2. The molecule has 0 bridgehead atoms. The molecule has 3 rings (SSSR count). The van der Waals surface area contributed by atoms with Gasteiger partial charge in [0.25, 0.3) is 0 Å². The summed E-state index contributed by atoms with van der Waals surface area (Å²) in [6.07, 6.45) is 0. The SMILES string of the molecule is COc1cc(OC)c(Cl)c(-c2nc(C)nc(C)c2-c2ccc(F)cc2Cl)c1. The summed E-state index contributed by atoms with van der Waals surface area (Å²) in [6, 6.07) is 7.67. The average molecular weight is 407 g/mol. The molecule has 0 amide bonds. The van der Waals surface area contributed by atoms with Crippen LogP contribution in [0.2, 0.25) is 10.0 Å². The highest BCUT2D eigenvalue weighted by molar-refractivity contribution is 6.35. The number of aryl methyl sites for hydroxylation is 2. The third-order valence-electron chi connectivity index (χ3n) is 4.13. The van der Waals surface area contributed by atoms with Crippen molar-refractivity contribution in [3.05, 3.63) is 57.7 Å². The van der Waals surface area contributed by atoms with Crippen LogP contribution in [-0.4, -0.2) is 24.2 Å². The van der Waals surface area contributed by atoms with Crippen LogP contribution in [0.25, 0.3) is 22.4 Å². The maximum Gasteiger partial charge on any atom is 0.141 e. The maximum absolute atomic E-state index is 13.5. The van der Waals surface area contributed by atoms with Crippen molar-refractivity contribution in [3.63, 3.8) is 0 Å². The topological polar surface area (TPSA) is 44.2 Å². The highest BCUT2D eigenvalue weighted by Crippen LogP contribution is 2.43. The lowest BCUT2D eigenvalue weighted by Gasteiger charge is -2.17. The third kappa shape index (κ3) is 3.70. The van der Waals surface area contributed by atoms with Gasteiger partial charge in [0.15, 0.2) is 0 Å². The molecule has 3 aromatic rings. The van der Waals surface area contributed by atoms with Crippen LogP contribution < -0.4 is 9.47 Å². The van der Waals surface area contributed by atoms with Gasteiger partial charge in [-0.1, -0.05) is 23.2 Å².